The molecule has 0 amide bonds. The van der Waals surface area contributed by atoms with E-state index < -0.39 is 0 Å². The molecule has 140 heavy (non-hydrogen) atoms. The van der Waals surface area contributed by atoms with E-state index in [-0.39, 0.29) is 59.7 Å². The molecule has 8 unspecified atom stereocenters. The Morgan fingerprint density at radius 3 is 0.786 bits per heavy atom. The van der Waals surface area contributed by atoms with Crippen LogP contribution in [0.5, 0.6) is 46.0 Å². The normalized spacial score (nSPS) is 18.8. The fraction of sp³-hybridized carbons (Fsp3) is 0.323. The number of benzene rings is 16. The molecular weight excluding hydrogens is 1750 g/mol. The van der Waals surface area contributed by atoms with Gasteiger partial charge in [-0.05, 0) is 294 Å². The average Bonchev–Trinajstić information content (AvgIpc) is 1.69. The van der Waals surface area contributed by atoms with E-state index >= 15 is 0 Å². The molecule has 16 aromatic carbocycles. The number of hydrogen-bond acceptors (Lipinski definition) is 16. The van der Waals surface area contributed by atoms with Crippen molar-refractivity contribution in [3.05, 3.63) is 356 Å². The lowest BCUT2D eigenvalue weighted by molar-refractivity contribution is 0.260. The largest absolute Gasteiger partial charge is 0.491 e. The third kappa shape index (κ3) is 21.8. The predicted molar refractivity (Wildman–Crippen MR) is 557 cm³/mol. The van der Waals surface area contributed by atoms with Crippen LogP contribution in [0, 0.1) is 55.4 Å². The van der Waals surface area contributed by atoms with E-state index in [0.717, 1.165) is 167 Å². The van der Waals surface area contributed by atoms with Crippen LogP contribution in [0.4, 0.5) is 0 Å². The second kappa shape index (κ2) is 40.4. The molecule has 8 heterocycles. The van der Waals surface area contributed by atoms with Gasteiger partial charge < -0.3 is 75.8 Å². The van der Waals surface area contributed by atoms with Gasteiger partial charge in [-0.15, -0.1) is 0 Å². The summed E-state index contributed by atoms with van der Waals surface area (Å²) in [6.45, 7) is 37.4. The quantitative estimate of drug-likeness (QED) is 0.0275. The van der Waals surface area contributed by atoms with Crippen LogP contribution in [-0.2, 0) is 61.6 Å². The zero-order valence-corrected chi connectivity index (χ0v) is 82.3. The summed E-state index contributed by atoms with van der Waals surface area (Å²) in [5.74, 6) is 7.45. The molecule has 8 aliphatic heterocycles. The summed E-state index contributed by atoms with van der Waals surface area (Å²) in [5.41, 5.74) is 24.1. The lowest BCUT2D eigenvalue weighted by atomic mass is 9.74. The first-order valence-corrected chi connectivity index (χ1v) is 49.6. The van der Waals surface area contributed by atoms with Gasteiger partial charge in [0.2, 0.25) is 0 Å². The zero-order chi connectivity index (χ0) is 95.9. The van der Waals surface area contributed by atoms with Gasteiger partial charge in [-0.25, -0.2) is 0 Å². The minimum absolute atomic E-state index is 0.119. The maximum absolute atomic E-state index is 6.43. The molecule has 0 aliphatic carbocycles. The number of ether oxygens (including phenoxy) is 16. The Morgan fingerprint density at radius 2 is 0.486 bits per heavy atom. The maximum Gasteiger partial charge on any atom is 0.130 e. The minimum atomic E-state index is -0.119. The second-order valence-corrected chi connectivity index (χ2v) is 40.0. The zero-order valence-electron chi connectivity index (χ0n) is 82.3. The summed E-state index contributed by atoms with van der Waals surface area (Å²) < 4.78 is 91.1. The van der Waals surface area contributed by atoms with Crippen LogP contribution in [0.25, 0.3) is 86.9 Å². The van der Waals surface area contributed by atoms with Gasteiger partial charge in [0, 0.05) is 22.0 Å². The standard InChI is InChI=1S/C36H34O4.C32H38O4.2C28H26O4/c1-23-15-25(11-13-35(23)39-21-27-19-37-27)17-33-29-7-3-5-9-31(29)34(32-10-6-4-8-30(32)33)18-26-12-14-36(24(2)16-26)40-22-28-20-38-28;1-21-15-25(11-13-29(21)35-19-27-17-33-27)31(3,4)23-7-9-24(10-8-23)32(5,6)26-12-14-30(22(2)16-26)36-20-28-18-34-28;1-17-25-7-3-19(11-21(25)5-9-27(17)31-15-23-13-29-23)20-4-8-26-18(2)28(10-6-22(26)12-20)32-16-24-14-30-24;1-17-11-19-7-3-5-9-23(19)25(27(17)31-15-21-13-29-21)26-24-10-6-4-8-20(24)12-18(2)28(26)32-16-22-14-30-22/h3-16,27-28H,17-22H2,1-2H3;7-16,27-28H,17-20H2,1-6H3;3-12,23-24H,13-16H2,1-2H3;3-12,21-22H,13-16H2,1-2H3. The Labute approximate surface area is 820 Å². The smallest absolute Gasteiger partial charge is 0.130 e. The number of aryl methyl sites for hydroxylation is 8. The number of epoxide rings is 8. The average molecular weight is 1870 g/mol. The van der Waals surface area contributed by atoms with Crippen molar-refractivity contribution in [2.45, 2.75) is 156 Å². The van der Waals surface area contributed by atoms with Gasteiger partial charge in [-0.3, -0.25) is 0 Å². The predicted octanol–water partition coefficient (Wildman–Crippen LogP) is 25.5. The van der Waals surface area contributed by atoms with Crippen LogP contribution in [-0.4, -0.2) is 155 Å². The summed E-state index contributed by atoms with van der Waals surface area (Å²) >= 11 is 0. The molecule has 16 aromatic rings. The number of rotatable bonds is 34. The van der Waals surface area contributed by atoms with E-state index in [9.17, 15) is 0 Å². The molecular formula is C124H124O16. The van der Waals surface area contributed by atoms with E-state index in [1.807, 2.05) is 0 Å². The highest BCUT2D eigenvalue weighted by Gasteiger charge is 2.35. The second-order valence-electron chi connectivity index (χ2n) is 40.0. The Morgan fingerprint density at radius 1 is 0.229 bits per heavy atom. The minimum Gasteiger partial charge on any atom is -0.491 e. The fourth-order valence-corrected chi connectivity index (χ4v) is 19.3. The highest BCUT2D eigenvalue weighted by Crippen LogP contribution is 2.50. The first-order valence-electron chi connectivity index (χ1n) is 49.6. The first-order chi connectivity index (χ1) is 68.1. The summed E-state index contributed by atoms with van der Waals surface area (Å²) in [6.07, 6.45) is 3.67. The third-order valence-corrected chi connectivity index (χ3v) is 28.5. The van der Waals surface area contributed by atoms with Crippen molar-refractivity contribution in [1.29, 1.82) is 0 Å². The van der Waals surface area contributed by atoms with Gasteiger partial charge in [0.1, 0.15) is 148 Å². The van der Waals surface area contributed by atoms with Crippen molar-refractivity contribution in [2.24, 2.45) is 0 Å². The van der Waals surface area contributed by atoms with Crippen molar-refractivity contribution in [3.8, 4) is 68.2 Å². The van der Waals surface area contributed by atoms with Gasteiger partial charge in [-0.2, -0.15) is 0 Å². The van der Waals surface area contributed by atoms with Gasteiger partial charge in [0.05, 0.1) is 52.9 Å². The summed E-state index contributed by atoms with van der Waals surface area (Å²) in [7, 11) is 0. The lowest BCUT2D eigenvalue weighted by Gasteiger charge is -2.30. The van der Waals surface area contributed by atoms with Crippen molar-refractivity contribution in [1.82, 2.24) is 0 Å². The highest BCUT2D eigenvalue weighted by molar-refractivity contribution is 6.11. The lowest BCUT2D eigenvalue weighted by Crippen LogP contribution is -2.22. The Hall–Kier alpha value is -12.8. The number of fused-ring (bicyclic) bond motifs is 6. The molecule has 716 valence electrons. The molecule has 24 rings (SSSR count). The summed E-state index contributed by atoms with van der Waals surface area (Å²) in [6, 6.07) is 96.3. The number of hydrogen-bond donors (Lipinski definition) is 0. The maximum atomic E-state index is 6.43. The fourth-order valence-electron chi connectivity index (χ4n) is 19.3. The Balaban J connectivity index is 0.000000111. The molecule has 8 aliphatic rings. The van der Waals surface area contributed by atoms with Crippen LogP contribution in [0.1, 0.15) is 117 Å². The van der Waals surface area contributed by atoms with Crippen molar-refractivity contribution in [3.63, 3.8) is 0 Å². The molecule has 0 spiro atoms. The van der Waals surface area contributed by atoms with Gasteiger partial charge in [0.15, 0.2) is 0 Å². The van der Waals surface area contributed by atoms with Crippen LogP contribution in [0.3, 0.4) is 0 Å². The van der Waals surface area contributed by atoms with Crippen molar-refractivity contribution in [2.75, 3.05) is 106 Å². The SMILES string of the molecule is Cc1c(OCC2CO2)ccc2cc(-c3ccc4c(C)c(OCC5CO5)ccc4c3)ccc12.Cc1cc(C(C)(C)c2ccc(C(C)(C)c3ccc(OCC4CO4)c(C)c3)cc2)ccc1OCC1CO1.Cc1cc(Cc2c3ccccc3c(Cc3ccc(OCC4CO4)c(C)c3)c3ccccc23)ccc1OCC1CO1.Cc1cc2ccccc2c(-c2c(OCC3CO3)c(C)cc3ccccc23)c1OCC1CO1. The molecule has 8 atom stereocenters. The molecule has 8 saturated heterocycles. The van der Waals surface area contributed by atoms with Gasteiger partial charge >= 0.3 is 0 Å². The molecule has 16 heteroatoms. The van der Waals surface area contributed by atoms with E-state index in [0.29, 0.717) is 52.9 Å². The van der Waals surface area contributed by atoms with Crippen molar-refractivity contribution >= 4 is 64.6 Å². The van der Waals surface area contributed by atoms with Gasteiger partial charge in [-0.1, -0.05) is 234 Å². The van der Waals surface area contributed by atoms with Gasteiger partial charge in [0.25, 0.3) is 0 Å². The molecule has 0 bridgehead atoms. The molecule has 0 saturated carbocycles. The van der Waals surface area contributed by atoms with Crippen molar-refractivity contribution < 1.29 is 75.8 Å². The Bertz CT molecular complexity index is 6780. The topological polar surface area (TPSA) is 174 Å². The van der Waals surface area contributed by atoms with Crippen LogP contribution in [0.2, 0.25) is 0 Å². The van der Waals surface area contributed by atoms with E-state index in [1.54, 1.807) is 0 Å². The highest BCUT2D eigenvalue weighted by atomic mass is 16.6. The van der Waals surface area contributed by atoms with E-state index in [2.05, 4.69) is 350 Å². The molecule has 16 nitrogen and oxygen atoms in total. The monoisotopic (exact) mass is 1870 g/mol. The Kier molecular flexibility index (Phi) is 27.0. The third-order valence-electron chi connectivity index (χ3n) is 28.5. The molecule has 0 aromatic heterocycles. The van der Waals surface area contributed by atoms with Crippen LogP contribution >= 0.6 is 0 Å². The first kappa shape index (κ1) is 93.5. The van der Waals surface area contributed by atoms with E-state index in [1.165, 1.54) is 121 Å². The molecule has 8 fully saturated rings. The molecule has 0 N–H and O–H groups in total. The summed E-state index contributed by atoms with van der Waals surface area (Å²) in [4.78, 5) is 0. The van der Waals surface area contributed by atoms with Crippen LogP contribution in [0.15, 0.2) is 267 Å². The van der Waals surface area contributed by atoms with Crippen LogP contribution < -0.4 is 37.9 Å². The summed E-state index contributed by atoms with van der Waals surface area (Å²) in [5, 5.41) is 14.9. The molecule has 0 radical (unpaired) electrons. The van der Waals surface area contributed by atoms with E-state index in [4.69, 9.17) is 75.8 Å².